The predicted molar refractivity (Wildman–Crippen MR) is 207 cm³/mol. The Kier molecular flexibility index (Phi) is 9.77. The van der Waals surface area contributed by atoms with Gasteiger partial charge in [-0.15, -0.1) is 42.0 Å². The molecule has 51 heavy (non-hydrogen) atoms. The Morgan fingerprint density at radius 1 is 0.588 bits per heavy atom. The Morgan fingerprint density at radius 3 is 2.00 bits per heavy atom. The average molecular weight is 840 g/mol. The summed E-state index contributed by atoms with van der Waals surface area (Å²) in [5.74, 6) is 2.79. The van der Waals surface area contributed by atoms with Gasteiger partial charge in [0.1, 0.15) is 5.82 Å². The van der Waals surface area contributed by atoms with Crippen LogP contribution in [0.5, 0.6) is 0 Å². The molecule has 0 bridgehead atoms. The molecule has 7 aromatic rings. The van der Waals surface area contributed by atoms with Gasteiger partial charge in [0.05, 0.1) is 5.82 Å². The number of pyridine rings is 1. The third-order valence-corrected chi connectivity index (χ3v) is 9.57. The number of para-hydroxylation sites is 3. The van der Waals surface area contributed by atoms with E-state index in [-0.39, 0.29) is 27.1 Å². The van der Waals surface area contributed by atoms with E-state index in [2.05, 4.69) is 161 Å². The molecule has 2 aliphatic rings. The maximum Gasteiger partial charge on any atom is 0.409 e. The number of fused-ring (bicyclic) bond motifs is 8. The first-order chi connectivity index (χ1) is 24.5. The van der Waals surface area contributed by atoms with Gasteiger partial charge in [0, 0.05) is 55.6 Å². The van der Waals surface area contributed by atoms with Gasteiger partial charge in [0.25, 0.3) is 0 Å². The minimum atomic E-state index is 0. The number of aromatic nitrogens is 3. The second kappa shape index (κ2) is 14.6. The first-order valence-corrected chi connectivity index (χ1v) is 17.3. The van der Waals surface area contributed by atoms with Crippen LogP contribution < -0.4 is 15.1 Å². The van der Waals surface area contributed by atoms with Crippen molar-refractivity contribution in [1.29, 1.82) is 0 Å². The van der Waals surface area contributed by atoms with E-state index in [1.807, 2.05) is 48.8 Å². The van der Waals surface area contributed by atoms with Crippen molar-refractivity contribution < 1.29 is 20.1 Å². The third-order valence-electron chi connectivity index (χ3n) is 9.57. The molecule has 2 aliphatic heterocycles. The summed E-state index contributed by atoms with van der Waals surface area (Å²) < 4.78 is 2.22. The van der Waals surface area contributed by atoms with Crippen molar-refractivity contribution in [3.05, 3.63) is 169 Å². The Balaban J connectivity index is 0.000000159. The fourth-order valence-electron chi connectivity index (χ4n) is 7.34. The van der Waals surface area contributed by atoms with Crippen molar-refractivity contribution in [2.45, 2.75) is 39.5 Å². The van der Waals surface area contributed by atoms with E-state index in [1.165, 1.54) is 39.1 Å². The fraction of sp³-hybridized carbons (Fsp3) is 0.136. The molecule has 0 unspecified atom stereocenters. The molecule has 0 saturated heterocycles. The molecule has 0 saturated carbocycles. The number of hydrogen-bond acceptors (Lipinski definition) is 4. The molecule has 0 atom stereocenters. The Morgan fingerprint density at radius 2 is 1.27 bits per heavy atom. The number of nitrogens with zero attached hydrogens (tertiary/aromatic N) is 5. The minimum absolute atomic E-state index is 0. The second-order valence-corrected chi connectivity index (χ2v) is 13.3. The van der Waals surface area contributed by atoms with E-state index in [1.54, 1.807) is 0 Å². The standard InChI is InChI=1S/C23H15BN3.C21H23N2.Ir/c1-3-11-19-17(9-1)18-10-2-4-12-20(18)26-21-13-5-6-14-22(21)27(24(19)26)23-15-7-8-16-25-23;1-15(2)18-11-8-12-19(16(3)4)20(18)23-14-13-22-21(23)17-9-6-5-7-10-17;/h1-13,15-16H;5-9,11-16H,1-4H3;/q2*-1;. The molecule has 4 heterocycles. The van der Waals surface area contributed by atoms with Crippen molar-refractivity contribution in [1.82, 2.24) is 14.5 Å². The summed E-state index contributed by atoms with van der Waals surface area (Å²) in [6.45, 7) is 9.00. The molecule has 0 spiro atoms. The molecular weight excluding hydrogens is 802 g/mol. The molecule has 2 aromatic heterocycles. The fourth-order valence-corrected chi connectivity index (χ4v) is 7.34. The van der Waals surface area contributed by atoms with Crippen LogP contribution in [0.1, 0.15) is 50.7 Å². The summed E-state index contributed by atoms with van der Waals surface area (Å²) >= 11 is 0. The maximum absolute atomic E-state index is 4.66. The average Bonchev–Trinajstić information content (AvgIpc) is 3.79. The zero-order chi connectivity index (χ0) is 34.2. The molecule has 5 aromatic carbocycles. The molecule has 0 amide bonds. The van der Waals surface area contributed by atoms with Crippen LogP contribution in [0.4, 0.5) is 22.9 Å². The Hall–Kier alpha value is -5.23. The van der Waals surface area contributed by atoms with Crippen LogP contribution in [-0.4, -0.2) is 21.5 Å². The van der Waals surface area contributed by atoms with Crippen LogP contribution in [0, 0.1) is 12.1 Å². The molecule has 5 nitrogen and oxygen atoms in total. The number of anilines is 4. The number of hydrogen-bond donors (Lipinski definition) is 0. The molecule has 0 aliphatic carbocycles. The molecule has 7 heteroatoms. The zero-order valence-electron chi connectivity index (χ0n) is 29.2. The van der Waals surface area contributed by atoms with Crippen molar-refractivity contribution >= 4 is 35.3 Å². The number of rotatable bonds is 5. The first kappa shape index (κ1) is 34.2. The molecule has 253 valence electrons. The SMILES string of the molecule is CC(C)c1cccc(C(C)C)c1-n1ccnc1-c1[c-]cccc1.[Ir].[c-]1cccc2c1N(c1ccccn1)B1c3ccccc3-c3ccccc3N12. The van der Waals surface area contributed by atoms with Gasteiger partial charge in [0.15, 0.2) is 0 Å². The van der Waals surface area contributed by atoms with E-state index in [0.717, 1.165) is 28.6 Å². The minimum Gasteiger partial charge on any atom is -0.415 e. The maximum atomic E-state index is 4.66. The topological polar surface area (TPSA) is 37.2 Å². The number of imidazole rings is 1. The molecule has 0 fully saturated rings. The number of benzene rings is 5. The van der Waals surface area contributed by atoms with E-state index in [4.69, 9.17) is 0 Å². The van der Waals surface area contributed by atoms with Crippen LogP contribution in [0.25, 0.3) is 28.2 Å². The van der Waals surface area contributed by atoms with Gasteiger partial charge in [-0.2, -0.15) is 18.2 Å². The van der Waals surface area contributed by atoms with Gasteiger partial charge in [-0.1, -0.05) is 106 Å². The predicted octanol–water partition coefficient (Wildman–Crippen LogP) is 10.1. The van der Waals surface area contributed by atoms with Gasteiger partial charge in [0.2, 0.25) is 0 Å². The summed E-state index contributed by atoms with van der Waals surface area (Å²) in [5, 5.41) is 0. The first-order valence-electron chi connectivity index (χ1n) is 17.3. The largest absolute Gasteiger partial charge is 0.415 e. The van der Waals surface area contributed by atoms with Gasteiger partial charge in [-0.25, -0.2) is 4.98 Å². The second-order valence-electron chi connectivity index (χ2n) is 13.3. The summed E-state index contributed by atoms with van der Waals surface area (Å²) in [4.78, 5) is 14.0. The van der Waals surface area contributed by atoms with Crippen LogP contribution >= 0.6 is 0 Å². The summed E-state index contributed by atoms with van der Waals surface area (Å²) in [5.41, 5.74) is 12.3. The Bertz CT molecular complexity index is 2220. The van der Waals surface area contributed by atoms with E-state index < -0.39 is 0 Å². The smallest absolute Gasteiger partial charge is 0.409 e. The molecule has 0 N–H and O–H groups in total. The van der Waals surface area contributed by atoms with Gasteiger partial charge in [-0.05, 0) is 52.2 Å². The normalized spacial score (nSPS) is 12.4. The molecule has 1 radical (unpaired) electrons. The summed E-state index contributed by atoms with van der Waals surface area (Å²) in [7, 11) is 0. The summed E-state index contributed by atoms with van der Waals surface area (Å²) in [6.07, 6.45) is 5.78. The quantitative estimate of drug-likeness (QED) is 0.128. The Labute approximate surface area is 315 Å². The zero-order valence-corrected chi connectivity index (χ0v) is 31.6. The van der Waals surface area contributed by atoms with Crippen LogP contribution in [0.3, 0.4) is 0 Å². The van der Waals surface area contributed by atoms with E-state index in [0.29, 0.717) is 11.8 Å². The molecule has 9 rings (SSSR count). The van der Waals surface area contributed by atoms with Gasteiger partial charge < -0.3 is 14.2 Å². The van der Waals surface area contributed by atoms with Gasteiger partial charge in [-0.3, -0.25) is 4.98 Å². The van der Waals surface area contributed by atoms with Crippen LogP contribution in [-0.2, 0) is 20.1 Å². The van der Waals surface area contributed by atoms with Gasteiger partial charge >= 0.3 is 6.98 Å². The van der Waals surface area contributed by atoms with E-state index in [9.17, 15) is 0 Å². The monoisotopic (exact) mass is 840 g/mol. The van der Waals surface area contributed by atoms with Crippen LogP contribution in [0.2, 0.25) is 0 Å². The van der Waals surface area contributed by atoms with E-state index >= 15 is 0 Å². The van der Waals surface area contributed by atoms with Crippen molar-refractivity contribution in [3.8, 4) is 28.2 Å². The molecular formula is C44H38BIrN5-2. The van der Waals surface area contributed by atoms with Crippen LogP contribution in [0.15, 0.2) is 146 Å². The van der Waals surface area contributed by atoms with Crippen molar-refractivity contribution in [2.75, 3.05) is 9.62 Å². The third kappa shape index (κ3) is 6.11. The van der Waals surface area contributed by atoms with Crippen molar-refractivity contribution in [3.63, 3.8) is 0 Å². The van der Waals surface area contributed by atoms with Crippen molar-refractivity contribution in [2.24, 2.45) is 0 Å². The summed E-state index contributed by atoms with van der Waals surface area (Å²) in [6, 6.07) is 51.0.